The quantitative estimate of drug-likeness (QED) is 0.211. The summed E-state index contributed by atoms with van der Waals surface area (Å²) < 4.78 is 0. The van der Waals surface area contributed by atoms with E-state index in [0.717, 1.165) is 70.1 Å². The monoisotopic (exact) mass is 546 g/mol. The van der Waals surface area contributed by atoms with Gasteiger partial charge in [-0.2, -0.15) is 0 Å². The lowest BCUT2D eigenvalue weighted by molar-refractivity contribution is 0.339. The molecule has 0 aromatic carbocycles. The molecule has 6 aromatic rings. The summed E-state index contributed by atoms with van der Waals surface area (Å²) in [5.74, 6) is 0.878. The summed E-state index contributed by atoms with van der Waals surface area (Å²) in [7, 11) is 0. The molecule has 1 aliphatic carbocycles. The molecule has 6 aromatic heterocycles. The molecule has 1 aliphatic rings. The van der Waals surface area contributed by atoms with Gasteiger partial charge in [0.25, 0.3) is 0 Å². The van der Waals surface area contributed by atoms with Crippen molar-refractivity contribution in [2.45, 2.75) is 37.0 Å². The van der Waals surface area contributed by atoms with Crippen molar-refractivity contribution in [3.8, 4) is 33.8 Å². The number of pyridine rings is 6. The topological polar surface area (TPSA) is 77.3 Å². The van der Waals surface area contributed by atoms with Crippen molar-refractivity contribution < 1.29 is 0 Å². The van der Waals surface area contributed by atoms with E-state index in [9.17, 15) is 0 Å². The van der Waals surface area contributed by atoms with E-state index in [1.165, 1.54) is 0 Å². The lowest BCUT2D eigenvalue weighted by Crippen LogP contribution is -2.21. The Balaban J connectivity index is 1.18. The predicted octanol–water partition coefficient (Wildman–Crippen LogP) is 7.89. The fraction of sp³-hybridized carbons (Fsp3) is 0.167. The second-order valence-electron chi connectivity index (χ2n) is 10.9. The lowest BCUT2D eigenvalue weighted by Gasteiger charge is -2.34. The smallest absolute Gasteiger partial charge is 0.0717 e. The van der Waals surface area contributed by atoms with Gasteiger partial charge in [0, 0.05) is 88.7 Å². The molecule has 6 nitrogen and oxygen atoms in total. The Morgan fingerprint density at radius 3 is 0.929 bits per heavy atom. The highest BCUT2D eigenvalue weighted by Gasteiger charge is 2.33. The predicted molar refractivity (Wildman–Crippen MR) is 164 cm³/mol. The molecule has 1 saturated carbocycles. The first-order valence-corrected chi connectivity index (χ1v) is 14.4. The third kappa shape index (κ3) is 5.56. The number of nitrogens with zero attached hydrogens (tertiary/aromatic N) is 6. The van der Waals surface area contributed by atoms with Gasteiger partial charge in [-0.05, 0) is 92.1 Å². The average molecular weight is 547 g/mol. The Hall–Kier alpha value is -5.10. The van der Waals surface area contributed by atoms with Crippen molar-refractivity contribution in [2.75, 3.05) is 0 Å². The van der Waals surface area contributed by atoms with E-state index >= 15 is 0 Å². The molecule has 0 saturated heterocycles. The zero-order chi connectivity index (χ0) is 28.1. The summed E-state index contributed by atoms with van der Waals surface area (Å²) >= 11 is 0. The van der Waals surface area contributed by atoms with Crippen LogP contribution in [0, 0.1) is 0 Å². The Bertz CT molecular complexity index is 1510. The van der Waals surface area contributed by atoms with Crippen molar-refractivity contribution in [1.82, 2.24) is 29.9 Å². The van der Waals surface area contributed by atoms with Gasteiger partial charge in [-0.15, -0.1) is 0 Å². The van der Waals surface area contributed by atoms with Crippen molar-refractivity contribution in [1.29, 1.82) is 0 Å². The van der Waals surface area contributed by atoms with Gasteiger partial charge in [0.1, 0.15) is 0 Å². The molecule has 0 radical (unpaired) electrons. The lowest BCUT2D eigenvalue weighted by atomic mass is 9.71. The highest BCUT2D eigenvalue weighted by molar-refractivity contribution is 5.59. The molecular weight excluding hydrogens is 516 g/mol. The van der Waals surface area contributed by atoms with Gasteiger partial charge in [0.2, 0.25) is 0 Å². The van der Waals surface area contributed by atoms with E-state index < -0.39 is 0 Å². The van der Waals surface area contributed by atoms with Gasteiger partial charge in [-0.25, -0.2) is 0 Å². The minimum absolute atomic E-state index is 0.293. The maximum Gasteiger partial charge on any atom is 0.0717 e. The van der Waals surface area contributed by atoms with Gasteiger partial charge >= 0.3 is 0 Å². The Morgan fingerprint density at radius 1 is 0.357 bits per heavy atom. The normalized spacial score (nSPS) is 18.4. The zero-order valence-corrected chi connectivity index (χ0v) is 23.2. The molecule has 0 atom stereocenters. The Kier molecular flexibility index (Phi) is 7.25. The third-order valence-electron chi connectivity index (χ3n) is 8.20. The van der Waals surface area contributed by atoms with E-state index in [0.29, 0.717) is 17.8 Å². The first kappa shape index (κ1) is 25.8. The number of rotatable bonds is 6. The van der Waals surface area contributed by atoms with Crippen LogP contribution in [0.15, 0.2) is 128 Å². The highest BCUT2D eigenvalue weighted by Crippen LogP contribution is 2.47. The molecule has 204 valence electrons. The maximum absolute atomic E-state index is 4.95. The fourth-order valence-electron chi connectivity index (χ4n) is 6.04. The molecule has 0 amide bonds. The molecule has 0 bridgehead atoms. The van der Waals surface area contributed by atoms with E-state index in [1.807, 2.05) is 91.8 Å². The molecule has 0 N–H and O–H groups in total. The van der Waals surface area contributed by atoms with Crippen LogP contribution in [0.4, 0.5) is 0 Å². The molecule has 0 aliphatic heterocycles. The Morgan fingerprint density at radius 2 is 0.690 bits per heavy atom. The van der Waals surface area contributed by atoms with Gasteiger partial charge in [0.15, 0.2) is 0 Å². The summed E-state index contributed by atoms with van der Waals surface area (Å²) in [4.78, 5) is 28.3. The van der Waals surface area contributed by atoms with Crippen molar-refractivity contribution in [3.63, 3.8) is 0 Å². The first-order valence-electron chi connectivity index (χ1n) is 14.4. The zero-order valence-electron chi connectivity index (χ0n) is 23.2. The number of aromatic nitrogens is 6. The largest absolute Gasteiger partial charge is 0.260 e. The SMILES string of the molecule is c1ccc(-c2ccc(C3CC(c4ccc(-c5ccccn5)cn4)CC(c4ccc(-c5ccccn5)cn4)C3)nc2)nc1. The van der Waals surface area contributed by atoms with Crippen LogP contribution in [0.25, 0.3) is 33.8 Å². The molecule has 0 spiro atoms. The summed E-state index contributed by atoms with van der Waals surface area (Å²) in [5, 5.41) is 0. The van der Waals surface area contributed by atoms with Crippen LogP contribution < -0.4 is 0 Å². The second kappa shape index (κ2) is 11.8. The fourth-order valence-corrected chi connectivity index (χ4v) is 6.04. The molecule has 42 heavy (non-hydrogen) atoms. The maximum atomic E-state index is 4.95. The van der Waals surface area contributed by atoms with E-state index in [4.69, 9.17) is 15.0 Å². The van der Waals surface area contributed by atoms with Gasteiger partial charge in [-0.3, -0.25) is 29.9 Å². The van der Waals surface area contributed by atoms with Crippen molar-refractivity contribution >= 4 is 0 Å². The van der Waals surface area contributed by atoms with Crippen LogP contribution >= 0.6 is 0 Å². The average Bonchev–Trinajstić information content (AvgIpc) is 3.09. The van der Waals surface area contributed by atoms with Gasteiger partial charge < -0.3 is 0 Å². The molecular formula is C36H30N6. The minimum atomic E-state index is 0.293. The molecule has 6 heterocycles. The summed E-state index contributed by atoms with van der Waals surface area (Å²) in [6.45, 7) is 0. The highest BCUT2D eigenvalue weighted by atomic mass is 14.8. The van der Waals surface area contributed by atoms with Crippen LogP contribution in [0.5, 0.6) is 0 Å². The minimum Gasteiger partial charge on any atom is -0.260 e. The second-order valence-corrected chi connectivity index (χ2v) is 10.9. The number of hydrogen-bond acceptors (Lipinski definition) is 6. The van der Waals surface area contributed by atoms with E-state index in [1.54, 1.807) is 0 Å². The molecule has 6 heteroatoms. The molecule has 7 rings (SSSR count). The van der Waals surface area contributed by atoms with Crippen LogP contribution in [-0.2, 0) is 0 Å². The molecule has 1 fully saturated rings. The van der Waals surface area contributed by atoms with Gasteiger partial charge in [-0.1, -0.05) is 18.2 Å². The van der Waals surface area contributed by atoms with Crippen molar-refractivity contribution in [3.05, 3.63) is 145 Å². The summed E-state index contributed by atoms with van der Waals surface area (Å²) in [6, 6.07) is 30.8. The van der Waals surface area contributed by atoms with Gasteiger partial charge in [0.05, 0.1) is 17.1 Å². The van der Waals surface area contributed by atoms with Crippen LogP contribution in [0.1, 0.15) is 54.1 Å². The van der Waals surface area contributed by atoms with Crippen LogP contribution in [0.2, 0.25) is 0 Å². The van der Waals surface area contributed by atoms with Crippen LogP contribution in [-0.4, -0.2) is 29.9 Å². The first-order chi connectivity index (χ1) is 20.8. The standard InChI is InChI=1S/C36H30N6/c1-4-16-37-31(7-1)25-10-13-34(40-22-25)28-19-29(35-14-11-26(23-41-35)32-8-2-5-17-38-32)21-30(20-28)36-15-12-27(24-42-36)33-9-3-6-18-39-33/h1-18,22-24,28-30H,19-21H2. The molecule has 0 unspecified atom stereocenters. The number of hydrogen-bond donors (Lipinski definition) is 0. The van der Waals surface area contributed by atoms with Crippen molar-refractivity contribution in [2.24, 2.45) is 0 Å². The third-order valence-corrected chi connectivity index (χ3v) is 8.20. The van der Waals surface area contributed by atoms with Crippen LogP contribution in [0.3, 0.4) is 0 Å². The summed E-state index contributed by atoms with van der Waals surface area (Å²) in [6.07, 6.45) is 14.3. The summed E-state index contributed by atoms with van der Waals surface area (Å²) in [5.41, 5.74) is 9.23. The Labute approximate surface area is 245 Å². The van der Waals surface area contributed by atoms with E-state index in [2.05, 4.69) is 51.4 Å². The van der Waals surface area contributed by atoms with E-state index in [-0.39, 0.29) is 0 Å².